The SMILES string of the molecule is COc1ccccc1N1CCN(CC(=O)N2CCOCC2C2CC2)CC1. The minimum absolute atomic E-state index is 0.274. The van der Waals surface area contributed by atoms with Crippen molar-refractivity contribution >= 4 is 11.6 Å². The highest BCUT2D eigenvalue weighted by Crippen LogP contribution is 2.36. The molecule has 1 aromatic carbocycles. The Morgan fingerprint density at radius 3 is 2.65 bits per heavy atom. The maximum atomic E-state index is 12.9. The van der Waals surface area contributed by atoms with Gasteiger partial charge in [-0.3, -0.25) is 9.69 Å². The molecule has 1 amide bonds. The van der Waals surface area contributed by atoms with Gasteiger partial charge in [-0.2, -0.15) is 0 Å². The van der Waals surface area contributed by atoms with Gasteiger partial charge in [0, 0.05) is 32.7 Å². The van der Waals surface area contributed by atoms with Crippen LogP contribution in [0, 0.1) is 5.92 Å². The van der Waals surface area contributed by atoms with E-state index in [1.807, 2.05) is 18.2 Å². The van der Waals surface area contributed by atoms with Crippen LogP contribution in [-0.2, 0) is 9.53 Å². The number of anilines is 1. The lowest BCUT2D eigenvalue weighted by atomic mass is 10.1. The van der Waals surface area contributed by atoms with E-state index < -0.39 is 0 Å². The summed E-state index contributed by atoms with van der Waals surface area (Å²) in [5, 5.41) is 0. The standard InChI is InChI=1S/C20H29N3O3/c1-25-19-5-3-2-4-17(19)22-10-8-21(9-11-22)14-20(24)23-12-13-26-15-18(23)16-6-7-16/h2-5,16,18H,6-15H2,1H3. The summed E-state index contributed by atoms with van der Waals surface area (Å²) in [7, 11) is 1.71. The van der Waals surface area contributed by atoms with E-state index in [-0.39, 0.29) is 5.91 Å². The molecule has 2 heterocycles. The topological polar surface area (TPSA) is 45.2 Å². The highest BCUT2D eigenvalue weighted by molar-refractivity contribution is 5.79. The van der Waals surface area contributed by atoms with E-state index >= 15 is 0 Å². The van der Waals surface area contributed by atoms with Crippen LogP contribution in [0.1, 0.15) is 12.8 Å². The summed E-state index contributed by atoms with van der Waals surface area (Å²) in [5.41, 5.74) is 1.14. The molecule has 6 heteroatoms. The summed E-state index contributed by atoms with van der Waals surface area (Å²) in [6, 6.07) is 8.46. The van der Waals surface area contributed by atoms with Gasteiger partial charge in [0.2, 0.25) is 5.91 Å². The number of benzene rings is 1. The number of morpholine rings is 1. The second-order valence-corrected chi connectivity index (χ2v) is 7.50. The molecule has 1 unspecified atom stereocenters. The van der Waals surface area contributed by atoms with Gasteiger partial charge in [0.05, 0.1) is 38.6 Å². The zero-order valence-electron chi connectivity index (χ0n) is 15.6. The average Bonchev–Trinajstić information content (AvgIpc) is 3.54. The Bertz CT molecular complexity index is 626. The Balaban J connectivity index is 1.31. The Morgan fingerprint density at radius 1 is 1.15 bits per heavy atom. The van der Waals surface area contributed by atoms with Crippen molar-refractivity contribution in [2.75, 3.05) is 64.5 Å². The van der Waals surface area contributed by atoms with Crippen molar-refractivity contribution in [3.8, 4) is 5.75 Å². The van der Waals surface area contributed by atoms with Gasteiger partial charge < -0.3 is 19.3 Å². The molecular formula is C20H29N3O3. The molecule has 1 aliphatic carbocycles. The lowest BCUT2D eigenvalue weighted by Gasteiger charge is -2.39. The van der Waals surface area contributed by atoms with Crippen LogP contribution in [0.3, 0.4) is 0 Å². The van der Waals surface area contributed by atoms with Gasteiger partial charge in [0.25, 0.3) is 0 Å². The first kappa shape index (κ1) is 17.6. The molecule has 1 aromatic rings. The largest absolute Gasteiger partial charge is 0.495 e. The van der Waals surface area contributed by atoms with Crippen LogP contribution in [0.5, 0.6) is 5.75 Å². The van der Waals surface area contributed by atoms with Crippen molar-refractivity contribution in [1.29, 1.82) is 0 Å². The van der Waals surface area contributed by atoms with E-state index in [1.165, 1.54) is 12.8 Å². The van der Waals surface area contributed by atoms with Crippen LogP contribution in [0.4, 0.5) is 5.69 Å². The monoisotopic (exact) mass is 359 g/mol. The molecule has 1 atom stereocenters. The predicted octanol–water partition coefficient (Wildman–Crippen LogP) is 1.45. The number of amides is 1. The summed E-state index contributed by atoms with van der Waals surface area (Å²) in [5.74, 6) is 1.86. The first-order chi connectivity index (χ1) is 12.8. The first-order valence-corrected chi connectivity index (χ1v) is 9.74. The molecule has 3 aliphatic rings. The minimum Gasteiger partial charge on any atom is -0.495 e. The molecule has 0 radical (unpaired) electrons. The maximum Gasteiger partial charge on any atom is 0.237 e. The average molecular weight is 359 g/mol. The Hall–Kier alpha value is -1.79. The number of nitrogens with zero attached hydrogens (tertiary/aromatic N) is 3. The fraction of sp³-hybridized carbons (Fsp3) is 0.650. The van der Waals surface area contributed by atoms with Crippen LogP contribution in [0.25, 0.3) is 0 Å². The molecule has 26 heavy (non-hydrogen) atoms. The van der Waals surface area contributed by atoms with Crippen LogP contribution in [0.2, 0.25) is 0 Å². The number of hydrogen-bond acceptors (Lipinski definition) is 5. The lowest BCUT2D eigenvalue weighted by molar-refractivity contribution is -0.142. The van der Waals surface area contributed by atoms with Gasteiger partial charge in [0.1, 0.15) is 5.75 Å². The predicted molar refractivity (Wildman–Crippen MR) is 101 cm³/mol. The van der Waals surface area contributed by atoms with Crippen molar-refractivity contribution in [2.45, 2.75) is 18.9 Å². The number of carbonyl (C=O) groups excluding carboxylic acids is 1. The van der Waals surface area contributed by atoms with Crippen molar-refractivity contribution < 1.29 is 14.3 Å². The lowest BCUT2D eigenvalue weighted by Crippen LogP contribution is -2.55. The zero-order valence-corrected chi connectivity index (χ0v) is 15.6. The van der Waals surface area contributed by atoms with E-state index in [2.05, 4.69) is 20.8 Å². The third-order valence-corrected chi connectivity index (χ3v) is 5.81. The molecular weight excluding hydrogens is 330 g/mol. The Labute approximate surface area is 155 Å². The molecule has 0 bridgehead atoms. The van der Waals surface area contributed by atoms with E-state index in [9.17, 15) is 4.79 Å². The number of carbonyl (C=O) groups is 1. The smallest absolute Gasteiger partial charge is 0.237 e. The van der Waals surface area contributed by atoms with Crippen molar-refractivity contribution in [1.82, 2.24) is 9.80 Å². The molecule has 1 saturated carbocycles. The third kappa shape index (κ3) is 3.81. The number of piperazine rings is 1. The third-order valence-electron chi connectivity index (χ3n) is 5.81. The molecule has 2 aliphatic heterocycles. The second kappa shape index (κ2) is 7.84. The number of rotatable bonds is 5. The molecule has 0 N–H and O–H groups in total. The van der Waals surface area contributed by atoms with Crippen LogP contribution >= 0.6 is 0 Å². The van der Waals surface area contributed by atoms with Crippen molar-refractivity contribution in [3.05, 3.63) is 24.3 Å². The molecule has 0 spiro atoms. The minimum atomic E-state index is 0.274. The van der Waals surface area contributed by atoms with Gasteiger partial charge in [-0.05, 0) is 30.9 Å². The molecule has 0 aromatic heterocycles. The summed E-state index contributed by atoms with van der Waals surface area (Å²) in [4.78, 5) is 19.6. The summed E-state index contributed by atoms with van der Waals surface area (Å²) < 4.78 is 11.1. The molecule has 3 fully saturated rings. The number of para-hydroxylation sites is 2. The second-order valence-electron chi connectivity index (χ2n) is 7.50. The zero-order chi connectivity index (χ0) is 17.9. The highest BCUT2D eigenvalue weighted by Gasteiger charge is 2.39. The summed E-state index contributed by atoms with van der Waals surface area (Å²) in [6.45, 7) is 6.33. The number of ether oxygens (including phenoxy) is 2. The van der Waals surface area contributed by atoms with Crippen LogP contribution in [-0.4, -0.2) is 81.3 Å². The Kier molecular flexibility index (Phi) is 5.31. The van der Waals surface area contributed by atoms with Crippen molar-refractivity contribution in [3.63, 3.8) is 0 Å². The van der Waals surface area contributed by atoms with E-state index in [0.29, 0.717) is 25.1 Å². The first-order valence-electron chi connectivity index (χ1n) is 9.74. The normalized spacial score (nSPS) is 24.6. The molecule has 142 valence electrons. The van der Waals surface area contributed by atoms with Gasteiger partial charge in [-0.1, -0.05) is 12.1 Å². The number of methoxy groups -OCH3 is 1. The van der Waals surface area contributed by atoms with E-state index in [4.69, 9.17) is 9.47 Å². The van der Waals surface area contributed by atoms with Gasteiger partial charge >= 0.3 is 0 Å². The molecule has 6 nitrogen and oxygen atoms in total. The van der Waals surface area contributed by atoms with E-state index in [1.54, 1.807) is 7.11 Å². The molecule has 4 rings (SSSR count). The fourth-order valence-corrected chi connectivity index (χ4v) is 4.12. The van der Waals surface area contributed by atoms with Crippen LogP contribution < -0.4 is 9.64 Å². The summed E-state index contributed by atoms with van der Waals surface area (Å²) in [6.07, 6.45) is 2.49. The highest BCUT2D eigenvalue weighted by atomic mass is 16.5. The number of hydrogen-bond donors (Lipinski definition) is 0. The van der Waals surface area contributed by atoms with Crippen LogP contribution in [0.15, 0.2) is 24.3 Å². The fourth-order valence-electron chi connectivity index (χ4n) is 4.12. The van der Waals surface area contributed by atoms with Gasteiger partial charge in [-0.15, -0.1) is 0 Å². The maximum absolute atomic E-state index is 12.9. The van der Waals surface area contributed by atoms with Gasteiger partial charge in [-0.25, -0.2) is 0 Å². The quantitative estimate of drug-likeness (QED) is 0.796. The van der Waals surface area contributed by atoms with E-state index in [0.717, 1.165) is 50.8 Å². The molecule has 2 saturated heterocycles. The summed E-state index contributed by atoms with van der Waals surface area (Å²) >= 11 is 0. The van der Waals surface area contributed by atoms with Crippen molar-refractivity contribution in [2.24, 2.45) is 5.92 Å². The van der Waals surface area contributed by atoms with Gasteiger partial charge in [0.15, 0.2) is 0 Å². The Morgan fingerprint density at radius 2 is 1.92 bits per heavy atom.